The number of benzene rings is 1. The number of esters is 1. The van der Waals surface area contributed by atoms with E-state index >= 15 is 0 Å². The van der Waals surface area contributed by atoms with E-state index in [0.29, 0.717) is 13.0 Å². The van der Waals surface area contributed by atoms with Crippen molar-refractivity contribution in [1.29, 1.82) is 0 Å². The van der Waals surface area contributed by atoms with Gasteiger partial charge in [0.25, 0.3) is 0 Å². The van der Waals surface area contributed by atoms with Gasteiger partial charge in [-0.15, -0.1) is 0 Å². The zero-order valence-electron chi connectivity index (χ0n) is 12.0. The van der Waals surface area contributed by atoms with Crippen molar-refractivity contribution in [2.75, 3.05) is 7.11 Å². The first-order valence-corrected chi connectivity index (χ1v) is 7.65. The Labute approximate surface area is 132 Å². The van der Waals surface area contributed by atoms with Gasteiger partial charge in [0.05, 0.1) is 13.7 Å². The van der Waals surface area contributed by atoms with Crippen molar-refractivity contribution in [1.82, 2.24) is 4.90 Å². The molecule has 1 aromatic carbocycles. The largest absolute Gasteiger partial charge is 0.467 e. The SMILES string of the molecule is CCC[C@@H]1OC(=O)N(Cc2ccc(Br)cc2)[C@H]1C(=O)OC. The van der Waals surface area contributed by atoms with E-state index in [-0.39, 0.29) is 0 Å². The van der Waals surface area contributed by atoms with Gasteiger partial charge in [-0.25, -0.2) is 9.59 Å². The summed E-state index contributed by atoms with van der Waals surface area (Å²) < 4.78 is 11.1. The lowest BCUT2D eigenvalue weighted by Crippen LogP contribution is -2.43. The minimum atomic E-state index is -0.675. The molecule has 1 amide bonds. The summed E-state index contributed by atoms with van der Waals surface area (Å²) in [5.41, 5.74) is 0.932. The van der Waals surface area contributed by atoms with Gasteiger partial charge in [-0.05, 0) is 24.1 Å². The van der Waals surface area contributed by atoms with Crippen LogP contribution in [0.15, 0.2) is 28.7 Å². The second-order valence-electron chi connectivity index (χ2n) is 4.93. The third-order valence-electron chi connectivity index (χ3n) is 3.46. The first-order chi connectivity index (χ1) is 10.1. The van der Waals surface area contributed by atoms with Crippen molar-refractivity contribution in [3.8, 4) is 0 Å². The van der Waals surface area contributed by atoms with Gasteiger partial charge < -0.3 is 9.47 Å². The van der Waals surface area contributed by atoms with Gasteiger partial charge in [-0.3, -0.25) is 4.90 Å². The fraction of sp³-hybridized carbons (Fsp3) is 0.467. The summed E-state index contributed by atoms with van der Waals surface area (Å²) in [6, 6.07) is 6.92. The number of hydrogen-bond acceptors (Lipinski definition) is 4. The molecule has 5 nitrogen and oxygen atoms in total. The molecule has 2 rings (SSSR count). The molecule has 0 spiro atoms. The average molecular weight is 356 g/mol. The van der Waals surface area contributed by atoms with Crippen LogP contribution in [0.25, 0.3) is 0 Å². The van der Waals surface area contributed by atoms with Gasteiger partial charge in [-0.2, -0.15) is 0 Å². The number of carbonyl (C=O) groups excluding carboxylic acids is 2. The van der Waals surface area contributed by atoms with E-state index < -0.39 is 24.2 Å². The van der Waals surface area contributed by atoms with Crippen LogP contribution in [0.4, 0.5) is 4.79 Å². The number of cyclic esters (lactones) is 1. The standard InChI is InChI=1S/C15H18BrNO4/c1-3-4-12-13(14(18)20-2)17(15(19)21-12)9-10-5-7-11(16)8-6-10/h5-8,12-13H,3-4,9H2,1-2H3/t12-,13+/m0/s1. The summed E-state index contributed by atoms with van der Waals surface area (Å²) in [4.78, 5) is 25.5. The molecule has 0 radical (unpaired) electrons. The smallest absolute Gasteiger partial charge is 0.411 e. The zero-order chi connectivity index (χ0) is 15.4. The van der Waals surface area contributed by atoms with Gasteiger partial charge in [-0.1, -0.05) is 41.4 Å². The Hall–Kier alpha value is -1.56. The number of rotatable bonds is 5. The molecule has 114 valence electrons. The highest BCUT2D eigenvalue weighted by atomic mass is 79.9. The molecule has 0 unspecified atom stereocenters. The molecular weight excluding hydrogens is 338 g/mol. The van der Waals surface area contributed by atoms with Crippen LogP contribution in [0.5, 0.6) is 0 Å². The Morgan fingerprint density at radius 2 is 2.05 bits per heavy atom. The molecule has 2 atom stereocenters. The maximum Gasteiger partial charge on any atom is 0.411 e. The lowest BCUT2D eigenvalue weighted by molar-refractivity contribution is -0.146. The Morgan fingerprint density at radius 1 is 1.38 bits per heavy atom. The third-order valence-corrected chi connectivity index (χ3v) is 3.99. The first kappa shape index (κ1) is 15.8. The van der Waals surface area contributed by atoms with E-state index in [0.717, 1.165) is 16.5 Å². The summed E-state index contributed by atoms with van der Waals surface area (Å²) in [5, 5.41) is 0. The molecule has 1 fully saturated rings. The molecule has 0 aromatic heterocycles. The molecule has 21 heavy (non-hydrogen) atoms. The van der Waals surface area contributed by atoms with Crippen molar-refractivity contribution < 1.29 is 19.1 Å². The lowest BCUT2D eigenvalue weighted by Gasteiger charge is -2.22. The Bertz CT molecular complexity index is 517. The van der Waals surface area contributed by atoms with Crippen LogP contribution in [0.2, 0.25) is 0 Å². The average Bonchev–Trinajstić information content (AvgIpc) is 2.77. The summed E-state index contributed by atoms with van der Waals surface area (Å²) in [6.07, 6.45) is 0.567. The monoisotopic (exact) mass is 355 g/mol. The maximum atomic E-state index is 12.0. The topological polar surface area (TPSA) is 55.8 Å². The molecule has 0 aliphatic carbocycles. The molecule has 1 aliphatic rings. The van der Waals surface area contributed by atoms with Crippen LogP contribution >= 0.6 is 15.9 Å². The maximum absolute atomic E-state index is 12.0. The first-order valence-electron chi connectivity index (χ1n) is 6.86. The van der Waals surface area contributed by atoms with E-state index in [1.165, 1.54) is 12.0 Å². The van der Waals surface area contributed by atoms with Crippen LogP contribution in [0, 0.1) is 0 Å². The van der Waals surface area contributed by atoms with Crippen LogP contribution in [0.3, 0.4) is 0 Å². The molecule has 1 heterocycles. The Kier molecular flexibility index (Phi) is 5.22. The second-order valence-corrected chi connectivity index (χ2v) is 5.85. The number of carbonyl (C=O) groups is 2. The minimum absolute atomic E-state index is 0.325. The van der Waals surface area contributed by atoms with Crippen LogP contribution in [-0.2, 0) is 20.8 Å². The van der Waals surface area contributed by atoms with Gasteiger partial charge >= 0.3 is 12.1 Å². The van der Waals surface area contributed by atoms with Crippen LogP contribution in [0.1, 0.15) is 25.3 Å². The summed E-state index contributed by atoms with van der Waals surface area (Å²) in [7, 11) is 1.33. The molecule has 1 aliphatic heterocycles. The summed E-state index contributed by atoms with van der Waals surface area (Å²) in [5.74, 6) is -0.434. The van der Waals surface area contributed by atoms with E-state index in [1.807, 2.05) is 31.2 Å². The van der Waals surface area contributed by atoms with Crippen molar-refractivity contribution in [3.05, 3.63) is 34.3 Å². The van der Waals surface area contributed by atoms with Crippen molar-refractivity contribution in [3.63, 3.8) is 0 Å². The number of methoxy groups -OCH3 is 1. The Morgan fingerprint density at radius 3 is 2.62 bits per heavy atom. The highest BCUT2D eigenvalue weighted by Gasteiger charge is 2.46. The number of nitrogens with zero attached hydrogens (tertiary/aromatic N) is 1. The Balaban J connectivity index is 2.20. The fourth-order valence-electron chi connectivity index (χ4n) is 2.43. The third kappa shape index (κ3) is 3.56. The highest BCUT2D eigenvalue weighted by molar-refractivity contribution is 9.10. The summed E-state index contributed by atoms with van der Waals surface area (Å²) in [6.45, 7) is 2.31. The highest BCUT2D eigenvalue weighted by Crippen LogP contribution is 2.26. The zero-order valence-corrected chi connectivity index (χ0v) is 13.6. The fourth-order valence-corrected chi connectivity index (χ4v) is 2.69. The molecule has 1 saturated heterocycles. The number of hydrogen-bond donors (Lipinski definition) is 0. The normalized spacial score (nSPS) is 21.3. The molecule has 0 saturated carbocycles. The van der Waals surface area contributed by atoms with E-state index in [2.05, 4.69) is 15.9 Å². The van der Waals surface area contributed by atoms with Crippen molar-refractivity contribution in [2.45, 2.75) is 38.5 Å². The number of ether oxygens (including phenoxy) is 2. The quantitative estimate of drug-likeness (QED) is 0.761. The van der Waals surface area contributed by atoms with Gasteiger partial charge in [0, 0.05) is 4.47 Å². The predicted molar refractivity (Wildman–Crippen MR) is 80.7 cm³/mol. The predicted octanol–water partition coefficient (Wildman–Crippen LogP) is 3.11. The molecule has 6 heteroatoms. The number of amides is 1. The minimum Gasteiger partial charge on any atom is -0.467 e. The van der Waals surface area contributed by atoms with Gasteiger partial charge in [0.15, 0.2) is 6.04 Å². The molecular formula is C15H18BrNO4. The summed E-state index contributed by atoms with van der Waals surface area (Å²) >= 11 is 3.37. The van der Waals surface area contributed by atoms with Gasteiger partial charge in [0.1, 0.15) is 6.10 Å². The van der Waals surface area contributed by atoms with Crippen molar-refractivity contribution in [2.24, 2.45) is 0 Å². The van der Waals surface area contributed by atoms with Gasteiger partial charge in [0.2, 0.25) is 0 Å². The molecule has 0 bridgehead atoms. The van der Waals surface area contributed by atoms with Crippen LogP contribution < -0.4 is 0 Å². The molecule has 1 aromatic rings. The lowest BCUT2D eigenvalue weighted by atomic mass is 10.1. The molecule has 0 N–H and O–H groups in total. The second kappa shape index (κ2) is 6.93. The van der Waals surface area contributed by atoms with E-state index in [9.17, 15) is 9.59 Å². The van der Waals surface area contributed by atoms with E-state index in [1.54, 1.807) is 0 Å². The van der Waals surface area contributed by atoms with Crippen molar-refractivity contribution >= 4 is 28.0 Å². The van der Waals surface area contributed by atoms with E-state index in [4.69, 9.17) is 9.47 Å². The number of halogens is 1. The van der Waals surface area contributed by atoms with Crippen LogP contribution in [-0.4, -0.2) is 36.2 Å².